The first-order valence-electron chi connectivity index (χ1n) is 4.22. The number of carbonyl (C=O) groups excluding carboxylic acids is 1. The summed E-state index contributed by atoms with van der Waals surface area (Å²) in [4.78, 5) is 10.9. The standard InChI is InChI=1S/C9H19NO/c1-5-9(2,3)7-6-8(11)10-4/h5-7H2,1-4H3,(H,10,11). The van der Waals surface area contributed by atoms with Crippen molar-refractivity contribution in [1.29, 1.82) is 0 Å². The zero-order valence-corrected chi connectivity index (χ0v) is 8.03. The molecular weight excluding hydrogens is 138 g/mol. The SMILES string of the molecule is CCC(C)(C)CCC(=O)NC. The van der Waals surface area contributed by atoms with E-state index in [1.54, 1.807) is 7.05 Å². The summed E-state index contributed by atoms with van der Waals surface area (Å²) in [5.74, 6) is 0.145. The topological polar surface area (TPSA) is 29.1 Å². The average molecular weight is 157 g/mol. The van der Waals surface area contributed by atoms with Gasteiger partial charge in [0.2, 0.25) is 5.91 Å². The van der Waals surface area contributed by atoms with Gasteiger partial charge in [-0.05, 0) is 11.8 Å². The van der Waals surface area contributed by atoms with E-state index in [9.17, 15) is 4.79 Å². The summed E-state index contributed by atoms with van der Waals surface area (Å²) in [5, 5.41) is 2.62. The second-order valence-electron chi connectivity index (χ2n) is 3.69. The van der Waals surface area contributed by atoms with E-state index in [0.29, 0.717) is 11.8 Å². The quantitative estimate of drug-likeness (QED) is 0.664. The minimum absolute atomic E-state index is 0.145. The van der Waals surface area contributed by atoms with E-state index < -0.39 is 0 Å². The van der Waals surface area contributed by atoms with Crippen molar-refractivity contribution in [2.45, 2.75) is 40.0 Å². The van der Waals surface area contributed by atoms with Crippen LogP contribution in [0.5, 0.6) is 0 Å². The maximum absolute atomic E-state index is 10.9. The fraction of sp³-hybridized carbons (Fsp3) is 0.889. The Labute approximate surface area is 69.4 Å². The molecule has 0 aliphatic rings. The largest absolute Gasteiger partial charge is 0.359 e. The third-order valence-corrected chi connectivity index (χ3v) is 2.26. The van der Waals surface area contributed by atoms with Crippen LogP contribution >= 0.6 is 0 Å². The zero-order chi connectivity index (χ0) is 8.91. The molecule has 0 heterocycles. The van der Waals surface area contributed by atoms with Crippen LogP contribution in [0.1, 0.15) is 40.0 Å². The lowest BCUT2D eigenvalue weighted by atomic mass is 9.85. The molecule has 0 radical (unpaired) electrons. The van der Waals surface area contributed by atoms with Gasteiger partial charge < -0.3 is 5.32 Å². The van der Waals surface area contributed by atoms with E-state index >= 15 is 0 Å². The van der Waals surface area contributed by atoms with Gasteiger partial charge >= 0.3 is 0 Å². The predicted octanol–water partition coefficient (Wildman–Crippen LogP) is 1.95. The smallest absolute Gasteiger partial charge is 0.219 e. The molecule has 0 aliphatic carbocycles. The van der Waals surface area contributed by atoms with Crippen LogP contribution in [0.25, 0.3) is 0 Å². The van der Waals surface area contributed by atoms with Crippen molar-refractivity contribution in [3.05, 3.63) is 0 Å². The van der Waals surface area contributed by atoms with Crippen LogP contribution in [0.2, 0.25) is 0 Å². The van der Waals surface area contributed by atoms with Gasteiger partial charge in [-0.15, -0.1) is 0 Å². The molecule has 0 atom stereocenters. The van der Waals surface area contributed by atoms with Crippen LogP contribution in [0.15, 0.2) is 0 Å². The molecule has 0 rings (SSSR count). The van der Waals surface area contributed by atoms with Crippen molar-refractivity contribution in [3.63, 3.8) is 0 Å². The van der Waals surface area contributed by atoms with Gasteiger partial charge in [0.1, 0.15) is 0 Å². The van der Waals surface area contributed by atoms with Gasteiger partial charge in [-0.25, -0.2) is 0 Å². The number of carbonyl (C=O) groups is 1. The molecule has 1 amide bonds. The summed E-state index contributed by atoms with van der Waals surface area (Å²) in [6.45, 7) is 6.54. The average Bonchev–Trinajstić information content (AvgIpc) is 2.00. The molecule has 0 fully saturated rings. The summed E-state index contributed by atoms with van der Waals surface area (Å²) in [7, 11) is 1.68. The molecule has 1 N–H and O–H groups in total. The highest BCUT2D eigenvalue weighted by atomic mass is 16.1. The van der Waals surface area contributed by atoms with Crippen LogP contribution in [-0.2, 0) is 4.79 Å². The normalized spacial score (nSPS) is 11.3. The number of rotatable bonds is 4. The molecule has 0 saturated heterocycles. The highest BCUT2D eigenvalue weighted by Crippen LogP contribution is 2.25. The molecule has 2 nitrogen and oxygen atoms in total. The van der Waals surface area contributed by atoms with Gasteiger partial charge in [0.15, 0.2) is 0 Å². The van der Waals surface area contributed by atoms with Crippen molar-refractivity contribution in [2.75, 3.05) is 7.05 Å². The molecule has 0 unspecified atom stereocenters. The predicted molar refractivity (Wildman–Crippen MR) is 47.4 cm³/mol. The molecular formula is C9H19NO. The second kappa shape index (κ2) is 4.37. The van der Waals surface area contributed by atoms with E-state index in [-0.39, 0.29) is 5.91 Å². The van der Waals surface area contributed by atoms with Crippen molar-refractivity contribution >= 4 is 5.91 Å². The third kappa shape index (κ3) is 4.82. The van der Waals surface area contributed by atoms with E-state index in [1.807, 2.05) is 0 Å². The summed E-state index contributed by atoms with van der Waals surface area (Å²) in [5.41, 5.74) is 0.312. The van der Waals surface area contributed by atoms with Gasteiger partial charge in [-0.1, -0.05) is 27.2 Å². The first kappa shape index (κ1) is 10.5. The Kier molecular flexibility index (Phi) is 4.16. The van der Waals surface area contributed by atoms with E-state index in [1.165, 1.54) is 0 Å². The minimum atomic E-state index is 0.145. The highest BCUT2D eigenvalue weighted by molar-refractivity contribution is 5.75. The number of hydrogen-bond donors (Lipinski definition) is 1. The summed E-state index contributed by atoms with van der Waals surface area (Å²) >= 11 is 0. The van der Waals surface area contributed by atoms with Gasteiger partial charge in [-0.2, -0.15) is 0 Å². The Bertz CT molecular complexity index is 130. The molecule has 0 aromatic heterocycles. The lowest BCUT2D eigenvalue weighted by Crippen LogP contribution is -2.20. The molecule has 0 bridgehead atoms. The van der Waals surface area contributed by atoms with E-state index in [0.717, 1.165) is 12.8 Å². The molecule has 2 heteroatoms. The van der Waals surface area contributed by atoms with Crippen molar-refractivity contribution < 1.29 is 4.79 Å². The summed E-state index contributed by atoms with van der Waals surface area (Å²) < 4.78 is 0. The Balaban J connectivity index is 3.61. The van der Waals surface area contributed by atoms with Crippen LogP contribution in [-0.4, -0.2) is 13.0 Å². The first-order chi connectivity index (χ1) is 5.02. The second-order valence-corrected chi connectivity index (χ2v) is 3.69. The van der Waals surface area contributed by atoms with Crippen LogP contribution in [0.3, 0.4) is 0 Å². The van der Waals surface area contributed by atoms with E-state index in [4.69, 9.17) is 0 Å². The molecule has 66 valence electrons. The Morgan fingerprint density at radius 3 is 2.36 bits per heavy atom. The van der Waals surface area contributed by atoms with Gasteiger partial charge in [0, 0.05) is 13.5 Å². The van der Waals surface area contributed by atoms with Crippen LogP contribution < -0.4 is 5.32 Å². The highest BCUT2D eigenvalue weighted by Gasteiger charge is 2.15. The Hall–Kier alpha value is -0.530. The molecule has 11 heavy (non-hydrogen) atoms. The van der Waals surface area contributed by atoms with Crippen molar-refractivity contribution in [3.8, 4) is 0 Å². The summed E-state index contributed by atoms with van der Waals surface area (Å²) in [6.07, 6.45) is 2.75. The Morgan fingerprint density at radius 1 is 1.45 bits per heavy atom. The fourth-order valence-electron chi connectivity index (χ4n) is 0.754. The van der Waals surface area contributed by atoms with Gasteiger partial charge in [0.05, 0.1) is 0 Å². The maximum atomic E-state index is 10.9. The van der Waals surface area contributed by atoms with Gasteiger partial charge in [-0.3, -0.25) is 4.79 Å². The monoisotopic (exact) mass is 157 g/mol. The molecule has 0 aliphatic heterocycles. The Morgan fingerprint density at radius 2 is 2.00 bits per heavy atom. The number of amides is 1. The van der Waals surface area contributed by atoms with Crippen molar-refractivity contribution in [2.24, 2.45) is 5.41 Å². The minimum Gasteiger partial charge on any atom is -0.359 e. The summed E-state index contributed by atoms with van der Waals surface area (Å²) in [6, 6.07) is 0. The lowest BCUT2D eigenvalue weighted by molar-refractivity contribution is -0.121. The molecule has 0 spiro atoms. The maximum Gasteiger partial charge on any atom is 0.219 e. The molecule has 0 aromatic carbocycles. The lowest BCUT2D eigenvalue weighted by Gasteiger charge is -2.21. The van der Waals surface area contributed by atoms with Crippen molar-refractivity contribution in [1.82, 2.24) is 5.32 Å². The first-order valence-corrected chi connectivity index (χ1v) is 4.22. The fourth-order valence-corrected chi connectivity index (χ4v) is 0.754. The number of hydrogen-bond acceptors (Lipinski definition) is 1. The number of nitrogens with one attached hydrogen (secondary N) is 1. The third-order valence-electron chi connectivity index (χ3n) is 2.26. The van der Waals surface area contributed by atoms with Crippen LogP contribution in [0, 0.1) is 5.41 Å². The van der Waals surface area contributed by atoms with Crippen LogP contribution in [0.4, 0.5) is 0 Å². The molecule has 0 saturated carbocycles. The van der Waals surface area contributed by atoms with E-state index in [2.05, 4.69) is 26.1 Å². The van der Waals surface area contributed by atoms with Gasteiger partial charge in [0.25, 0.3) is 0 Å². The molecule has 0 aromatic rings. The zero-order valence-electron chi connectivity index (χ0n) is 8.03.